The van der Waals surface area contributed by atoms with Crippen molar-refractivity contribution >= 4 is 21.7 Å². The third kappa shape index (κ3) is 5.73. The van der Waals surface area contributed by atoms with Gasteiger partial charge in [0.25, 0.3) is 0 Å². The van der Waals surface area contributed by atoms with E-state index < -0.39 is 9.84 Å². The maximum atomic E-state index is 12.1. The molecule has 2 fully saturated rings. The van der Waals surface area contributed by atoms with Crippen molar-refractivity contribution in [2.24, 2.45) is 16.8 Å². The Morgan fingerprint density at radius 2 is 1.92 bits per heavy atom. The molecule has 0 aliphatic carbocycles. The van der Waals surface area contributed by atoms with E-state index in [0.717, 1.165) is 19.0 Å². The number of piperazine rings is 1. The van der Waals surface area contributed by atoms with Crippen LogP contribution in [-0.4, -0.2) is 80.9 Å². The van der Waals surface area contributed by atoms with E-state index in [4.69, 9.17) is 0 Å². The molecule has 25 heavy (non-hydrogen) atoms. The largest absolute Gasteiger partial charge is 0.353 e. The summed E-state index contributed by atoms with van der Waals surface area (Å²) < 4.78 is 23.2. The molecule has 0 saturated carbocycles. The second-order valence-electron chi connectivity index (χ2n) is 7.07. The van der Waals surface area contributed by atoms with E-state index in [-0.39, 0.29) is 29.2 Å². The molecule has 1 amide bonds. The lowest BCUT2D eigenvalue weighted by Crippen LogP contribution is -2.54. The third-order valence-corrected chi connectivity index (χ3v) is 6.45. The lowest BCUT2D eigenvalue weighted by atomic mass is 10.1. The number of aliphatic imine (C=N–C) groups is 1. The number of hydrogen-bond donors (Lipinski definition) is 1. The van der Waals surface area contributed by atoms with E-state index in [2.05, 4.69) is 21.8 Å². The maximum Gasteiger partial charge on any atom is 0.225 e. The first-order valence-electron chi connectivity index (χ1n) is 8.95. The summed E-state index contributed by atoms with van der Waals surface area (Å²) in [5.74, 6) is 1.60. The van der Waals surface area contributed by atoms with Gasteiger partial charge in [0, 0.05) is 45.2 Å². The topological polar surface area (TPSA) is 82.1 Å². The summed E-state index contributed by atoms with van der Waals surface area (Å²) in [6.07, 6.45) is 2.46. The molecular formula is C17H30N4O3S. The van der Waals surface area contributed by atoms with Crippen molar-refractivity contribution in [3.05, 3.63) is 12.7 Å². The van der Waals surface area contributed by atoms with E-state index in [0.29, 0.717) is 32.6 Å². The molecule has 1 N–H and O–H groups in total. The van der Waals surface area contributed by atoms with Crippen LogP contribution in [0.3, 0.4) is 0 Å². The summed E-state index contributed by atoms with van der Waals surface area (Å²) in [5, 5.41) is 3.26. The molecule has 0 radical (unpaired) electrons. The first kappa shape index (κ1) is 19.8. The summed E-state index contributed by atoms with van der Waals surface area (Å²) in [7, 11) is -2.87. The van der Waals surface area contributed by atoms with Crippen LogP contribution in [0.1, 0.15) is 20.3 Å². The highest BCUT2D eigenvalue weighted by molar-refractivity contribution is 7.91. The van der Waals surface area contributed by atoms with E-state index in [1.54, 1.807) is 6.08 Å². The summed E-state index contributed by atoms with van der Waals surface area (Å²) in [6, 6.07) is 0. The molecule has 2 aliphatic rings. The number of amides is 1. The number of sulfone groups is 1. The quantitative estimate of drug-likeness (QED) is 0.429. The number of guanidine groups is 1. The van der Waals surface area contributed by atoms with Gasteiger partial charge in [-0.25, -0.2) is 8.42 Å². The average Bonchev–Trinajstić information content (AvgIpc) is 2.93. The Morgan fingerprint density at radius 1 is 1.28 bits per heavy atom. The van der Waals surface area contributed by atoms with Crippen molar-refractivity contribution in [2.45, 2.75) is 20.3 Å². The molecule has 0 aromatic carbocycles. The molecule has 142 valence electrons. The van der Waals surface area contributed by atoms with Crippen LogP contribution in [0.25, 0.3) is 0 Å². The van der Waals surface area contributed by atoms with Crippen molar-refractivity contribution in [1.82, 2.24) is 15.1 Å². The molecule has 0 aromatic heterocycles. The monoisotopic (exact) mass is 370 g/mol. The summed E-state index contributed by atoms with van der Waals surface area (Å²) >= 11 is 0. The van der Waals surface area contributed by atoms with Gasteiger partial charge >= 0.3 is 0 Å². The van der Waals surface area contributed by atoms with E-state index in [9.17, 15) is 13.2 Å². The number of rotatable bonds is 5. The van der Waals surface area contributed by atoms with Crippen LogP contribution in [-0.2, 0) is 14.6 Å². The SMILES string of the molecule is C=CCNC(=NCC1CCS(=O)(=O)C1)N1CCN(C(=O)C(C)C)CC1. The Kier molecular flexibility index (Phi) is 6.87. The molecule has 2 saturated heterocycles. The van der Waals surface area contributed by atoms with E-state index in [1.807, 2.05) is 18.7 Å². The fraction of sp³-hybridized carbons (Fsp3) is 0.765. The zero-order valence-electron chi connectivity index (χ0n) is 15.3. The first-order chi connectivity index (χ1) is 11.8. The van der Waals surface area contributed by atoms with Gasteiger partial charge in [0.05, 0.1) is 11.5 Å². The van der Waals surface area contributed by atoms with Crippen LogP contribution in [0.4, 0.5) is 0 Å². The lowest BCUT2D eigenvalue weighted by Gasteiger charge is -2.37. The Hall–Kier alpha value is -1.57. The van der Waals surface area contributed by atoms with E-state index >= 15 is 0 Å². The minimum Gasteiger partial charge on any atom is -0.353 e. The van der Waals surface area contributed by atoms with Crippen molar-refractivity contribution < 1.29 is 13.2 Å². The van der Waals surface area contributed by atoms with Gasteiger partial charge in [0.15, 0.2) is 15.8 Å². The summed E-state index contributed by atoms with van der Waals surface area (Å²) in [6.45, 7) is 11.5. The normalized spacial score (nSPS) is 23.8. The van der Waals surface area contributed by atoms with Gasteiger partial charge in [-0.05, 0) is 12.3 Å². The number of nitrogens with zero attached hydrogens (tertiary/aromatic N) is 3. The van der Waals surface area contributed by atoms with Gasteiger partial charge in [-0.2, -0.15) is 0 Å². The number of nitrogens with one attached hydrogen (secondary N) is 1. The van der Waals surface area contributed by atoms with Crippen LogP contribution in [0.5, 0.6) is 0 Å². The highest BCUT2D eigenvalue weighted by atomic mass is 32.2. The van der Waals surface area contributed by atoms with Gasteiger partial charge in [0.2, 0.25) is 5.91 Å². The highest BCUT2D eigenvalue weighted by Crippen LogP contribution is 2.18. The zero-order valence-corrected chi connectivity index (χ0v) is 16.1. The number of carbonyl (C=O) groups excluding carboxylic acids is 1. The molecule has 8 heteroatoms. The molecule has 2 heterocycles. The molecule has 2 aliphatic heterocycles. The molecule has 0 aromatic rings. The minimum absolute atomic E-state index is 0.0166. The molecule has 2 rings (SSSR count). The Labute approximate surface area is 151 Å². The molecular weight excluding hydrogens is 340 g/mol. The van der Waals surface area contributed by atoms with Gasteiger partial charge in [-0.15, -0.1) is 6.58 Å². The fourth-order valence-corrected chi connectivity index (χ4v) is 5.02. The molecule has 0 spiro atoms. The second-order valence-corrected chi connectivity index (χ2v) is 9.30. The Balaban J connectivity index is 1.94. The second kappa shape index (κ2) is 8.69. The Bertz CT molecular complexity index is 607. The fourth-order valence-electron chi connectivity index (χ4n) is 3.17. The van der Waals surface area contributed by atoms with Crippen LogP contribution < -0.4 is 5.32 Å². The summed E-state index contributed by atoms with van der Waals surface area (Å²) in [4.78, 5) is 20.8. The Morgan fingerprint density at radius 3 is 2.44 bits per heavy atom. The van der Waals surface area contributed by atoms with E-state index in [1.165, 1.54) is 0 Å². The van der Waals surface area contributed by atoms with Crippen LogP contribution >= 0.6 is 0 Å². The smallest absolute Gasteiger partial charge is 0.225 e. The van der Waals surface area contributed by atoms with Gasteiger partial charge in [0.1, 0.15) is 0 Å². The van der Waals surface area contributed by atoms with Crippen molar-refractivity contribution in [3.63, 3.8) is 0 Å². The number of hydrogen-bond acceptors (Lipinski definition) is 4. The first-order valence-corrected chi connectivity index (χ1v) is 10.8. The van der Waals surface area contributed by atoms with Crippen LogP contribution in [0, 0.1) is 11.8 Å². The van der Waals surface area contributed by atoms with Crippen molar-refractivity contribution in [3.8, 4) is 0 Å². The van der Waals surface area contributed by atoms with Gasteiger partial charge in [-0.3, -0.25) is 9.79 Å². The van der Waals surface area contributed by atoms with Gasteiger partial charge < -0.3 is 15.1 Å². The van der Waals surface area contributed by atoms with Gasteiger partial charge in [-0.1, -0.05) is 19.9 Å². The molecule has 7 nitrogen and oxygen atoms in total. The predicted octanol–water partition coefficient (Wildman–Crippen LogP) is 0.353. The van der Waals surface area contributed by atoms with Crippen LogP contribution in [0.15, 0.2) is 17.6 Å². The third-order valence-electron chi connectivity index (χ3n) is 4.62. The molecule has 0 bridgehead atoms. The average molecular weight is 371 g/mol. The van der Waals surface area contributed by atoms with Crippen molar-refractivity contribution in [1.29, 1.82) is 0 Å². The highest BCUT2D eigenvalue weighted by Gasteiger charge is 2.28. The predicted molar refractivity (Wildman–Crippen MR) is 100 cm³/mol. The standard InChI is InChI=1S/C17H30N4O3S/c1-4-6-18-17(19-12-15-5-11-25(23,24)13-15)21-9-7-20(8-10-21)16(22)14(2)3/h4,14-15H,1,5-13H2,2-3H3,(H,18,19). The maximum absolute atomic E-state index is 12.1. The number of carbonyl (C=O) groups is 1. The summed E-state index contributed by atoms with van der Waals surface area (Å²) in [5.41, 5.74) is 0. The molecule has 1 unspecified atom stereocenters. The molecule has 1 atom stereocenters. The minimum atomic E-state index is -2.87. The lowest BCUT2D eigenvalue weighted by molar-refractivity contribution is -0.135. The zero-order chi connectivity index (χ0) is 18.4. The van der Waals surface area contributed by atoms with Crippen molar-refractivity contribution in [2.75, 3.05) is 50.8 Å². The van der Waals surface area contributed by atoms with Crippen LogP contribution in [0.2, 0.25) is 0 Å².